The highest BCUT2D eigenvalue weighted by Crippen LogP contribution is 1.77. The summed E-state index contributed by atoms with van der Waals surface area (Å²) in [6.07, 6.45) is 4.36. The predicted octanol–water partition coefficient (Wildman–Crippen LogP) is 2.31. The lowest BCUT2D eigenvalue weighted by Gasteiger charge is -1.72. The summed E-state index contributed by atoms with van der Waals surface area (Å²) >= 11 is 0.316. The van der Waals surface area contributed by atoms with E-state index in [1.54, 1.807) is 0 Å². The zero-order valence-corrected chi connectivity index (χ0v) is 8.10. The molecule has 0 fully saturated rings. The van der Waals surface area contributed by atoms with Crippen LogP contribution >= 0.6 is 17.0 Å². The fourth-order valence-electron chi connectivity index (χ4n) is 0.333. The third kappa shape index (κ3) is 10.9. The van der Waals surface area contributed by atoms with Crippen LogP contribution in [0.25, 0.3) is 0 Å². The Kier molecular flexibility index (Phi) is 15.6. The molecule has 0 rings (SSSR count). The minimum Gasteiger partial charge on any atom is -0.157 e. The number of hydrogen-bond acceptors (Lipinski definition) is 0. The SMILES string of the molecule is Br.CC=C[CH2][Mg][CH3]. The summed E-state index contributed by atoms with van der Waals surface area (Å²) in [6, 6.07) is 0. The summed E-state index contributed by atoms with van der Waals surface area (Å²) in [6.45, 7) is 2.07. The minimum absolute atomic E-state index is 0. The van der Waals surface area contributed by atoms with Crippen molar-refractivity contribution in [1.29, 1.82) is 0 Å². The normalized spacial score (nSPS) is 7.71. The van der Waals surface area contributed by atoms with E-state index >= 15 is 0 Å². The van der Waals surface area contributed by atoms with Gasteiger partial charge >= 0.3 is 20.4 Å². The third-order valence-corrected chi connectivity index (χ3v) is 1.60. The molecule has 0 saturated heterocycles. The van der Waals surface area contributed by atoms with Crippen molar-refractivity contribution in [2.75, 3.05) is 0 Å². The standard InChI is InChI=1S/C4H7.CH3.BrH.Mg/c1-3-4-2;;;/h3-4H,1H2,2H3;1H3;1H;. The highest BCUT2D eigenvalue weighted by atomic mass is 79.9. The third-order valence-electron chi connectivity index (χ3n) is 0.691. The molecule has 40 valence electrons. The molecule has 0 radical (unpaired) electrons. The van der Waals surface area contributed by atoms with Crippen molar-refractivity contribution in [3.05, 3.63) is 12.2 Å². The monoisotopic (exact) mass is 174 g/mol. The molecule has 0 unspecified atom stereocenters. The lowest BCUT2D eigenvalue weighted by Crippen LogP contribution is -1.70. The highest BCUT2D eigenvalue weighted by molar-refractivity contribution is 8.93. The number of rotatable bonds is 2. The molecule has 0 aliphatic carbocycles. The van der Waals surface area contributed by atoms with Crippen LogP contribution in [-0.2, 0) is 0 Å². The van der Waals surface area contributed by atoms with E-state index in [9.17, 15) is 0 Å². The topological polar surface area (TPSA) is 0 Å². The van der Waals surface area contributed by atoms with E-state index in [2.05, 4.69) is 24.1 Å². The fraction of sp³-hybridized carbons (Fsp3) is 0.600. The molecular weight excluding hydrogens is 164 g/mol. The average molecular weight is 175 g/mol. The number of hydrogen-bond donors (Lipinski definition) is 0. The largest absolute Gasteiger partial charge is 0.365 e. The molecule has 0 saturated carbocycles. The maximum absolute atomic E-state index is 2.32. The molecule has 7 heavy (non-hydrogen) atoms. The summed E-state index contributed by atoms with van der Waals surface area (Å²) in [5.41, 5.74) is 0. The Labute approximate surface area is 65.9 Å². The molecule has 0 aromatic rings. The first-order valence-electron chi connectivity index (χ1n) is 2.53. The van der Waals surface area contributed by atoms with Crippen molar-refractivity contribution < 1.29 is 0 Å². The molecule has 0 atom stereocenters. The molecule has 0 aliphatic rings. The zero-order chi connectivity index (χ0) is 4.83. The van der Waals surface area contributed by atoms with Crippen molar-refractivity contribution in [3.8, 4) is 0 Å². The van der Waals surface area contributed by atoms with Gasteiger partial charge in [-0.15, -0.1) is 27.6 Å². The van der Waals surface area contributed by atoms with Gasteiger partial charge in [0.1, 0.15) is 0 Å². The summed E-state index contributed by atoms with van der Waals surface area (Å²) in [5, 5.41) is 2.32. The molecule has 0 aromatic heterocycles. The van der Waals surface area contributed by atoms with Gasteiger partial charge in [-0.1, -0.05) is 6.08 Å². The van der Waals surface area contributed by atoms with Gasteiger partial charge in [-0.3, -0.25) is 0 Å². The first-order chi connectivity index (χ1) is 2.91. The van der Waals surface area contributed by atoms with Gasteiger partial charge < -0.3 is 0 Å². The van der Waals surface area contributed by atoms with Crippen LogP contribution in [0.4, 0.5) is 0 Å². The summed E-state index contributed by atoms with van der Waals surface area (Å²) in [4.78, 5) is 0. The highest BCUT2D eigenvalue weighted by Gasteiger charge is 1.74. The Bertz CT molecular complexity index is 43.3. The van der Waals surface area contributed by atoms with Crippen LogP contribution < -0.4 is 0 Å². The lowest BCUT2D eigenvalue weighted by molar-refractivity contribution is 1.60. The first-order valence-corrected chi connectivity index (χ1v) is 4.94. The van der Waals surface area contributed by atoms with Gasteiger partial charge in [0.25, 0.3) is 0 Å². The quantitative estimate of drug-likeness (QED) is 0.446. The summed E-state index contributed by atoms with van der Waals surface area (Å²) < 4.78 is 1.37. The Hall–Kier alpha value is 0.986. The zero-order valence-electron chi connectivity index (χ0n) is 4.98. The lowest BCUT2D eigenvalue weighted by atomic mass is 10.6. The maximum Gasteiger partial charge on any atom is 0.365 e. The van der Waals surface area contributed by atoms with Crippen LogP contribution in [0.1, 0.15) is 6.92 Å². The van der Waals surface area contributed by atoms with Crippen molar-refractivity contribution in [2.24, 2.45) is 0 Å². The van der Waals surface area contributed by atoms with Gasteiger partial charge in [-0.2, -0.15) is 5.05 Å². The van der Waals surface area contributed by atoms with E-state index in [-0.39, 0.29) is 17.0 Å². The molecule has 0 N–H and O–H groups in total. The molecule has 0 aliphatic heterocycles. The van der Waals surface area contributed by atoms with Gasteiger partial charge in [0.05, 0.1) is 0 Å². The van der Waals surface area contributed by atoms with E-state index in [1.165, 1.54) is 4.55 Å². The van der Waals surface area contributed by atoms with Gasteiger partial charge in [-0.25, -0.2) is 0 Å². The van der Waals surface area contributed by atoms with Gasteiger partial charge in [0, 0.05) is 0 Å². The number of allylic oxidation sites excluding steroid dienone is 2. The van der Waals surface area contributed by atoms with Gasteiger partial charge in [-0.05, 0) is 6.92 Å². The summed E-state index contributed by atoms with van der Waals surface area (Å²) in [5.74, 6) is 0. The van der Waals surface area contributed by atoms with Crippen LogP contribution in [0.3, 0.4) is 0 Å². The second-order valence-corrected chi connectivity index (χ2v) is 2.94. The smallest absolute Gasteiger partial charge is 0.157 e. The van der Waals surface area contributed by atoms with Crippen LogP contribution in [0.2, 0.25) is 9.60 Å². The molecule has 0 nitrogen and oxygen atoms in total. The Morgan fingerprint density at radius 1 is 1.57 bits per heavy atom. The van der Waals surface area contributed by atoms with Gasteiger partial charge in [0.2, 0.25) is 0 Å². The molecule has 0 spiro atoms. The van der Waals surface area contributed by atoms with E-state index in [0.29, 0.717) is 20.4 Å². The van der Waals surface area contributed by atoms with E-state index in [4.69, 9.17) is 0 Å². The minimum atomic E-state index is 0. The van der Waals surface area contributed by atoms with Crippen LogP contribution in [0.15, 0.2) is 12.2 Å². The number of halogens is 1. The Balaban J connectivity index is 0. The van der Waals surface area contributed by atoms with Gasteiger partial charge in [0.15, 0.2) is 0 Å². The maximum atomic E-state index is 2.32. The average Bonchev–Trinajstić information content (AvgIpc) is 1.61. The van der Waals surface area contributed by atoms with Crippen molar-refractivity contribution in [3.63, 3.8) is 0 Å². The molecule has 2 heteroatoms. The van der Waals surface area contributed by atoms with E-state index in [0.717, 1.165) is 0 Å². The Morgan fingerprint density at radius 3 is 2.29 bits per heavy atom. The van der Waals surface area contributed by atoms with E-state index < -0.39 is 0 Å². The van der Waals surface area contributed by atoms with Crippen LogP contribution in [0.5, 0.6) is 0 Å². The van der Waals surface area contributed by atoms with Crippen LogP contribution in [0, 0.1) is 0 Å². The fourth-order valence-corrected chi connectivity index (χ4v) is 1.00. The molecule has 0 heterocycles. The van der Waals surface area contributed by atoms with Crippen molar-refractivity contribution >= 4 is 37.3 Å². The molecule has 0 aromatic carbocycles. The van der Waals surface area contributed by atoms with E-state index in [1.807, 2.05) is 0 Å². The van der Waals surface area contributed by atoms with Crippen molar-refractivity contribution in [1.82, 2.24) is 0 Å². The molecule has 0 amide bonds. The molecular formula is C5H11BrMg. The predicted molar refractivity (Wildman–Crippen MR) is 41.6 cm³/mol. The second kappa shape index (κ2) is 10.1. The van der Waals surface area contributed by atoms with Crippen LogP contribution in [-0.4, -0.2) is 20.4 Å². The summed E-state index contributed by atoms with van der Waals surface area (Å²) in [7, 11) is 0. The molecule has 0 bridgehead atoms. The van der Waals surface area contributed by atoms with Crippen molar-refractivity contribution in [2.45, 2.75) is 16.5 Å². The Morgan fingerprint density at radius 2 is 2.14 bits per heavy atom. The first kappa shape index (κ1) is 10.9. The second-order valence-electron chi connectivity index (χ2n) is 1.36.